The molecule has 0 aliphatic carbocycles. The number of hydrogen-bond donors (Lipinski definition) is 0. The SMILES string of the molecule is Cc1cccc(CCN2CCCC(C)(C#N)C2)n1. The van der Waals surface area contributed by atoms with Crippen molar-refractivity contribution in [3.05, 3.63) is 29.6 Å². The normalized spacial score (nSPS) is 24.7. The molecule has 1 fully saturated rings. The Hall–Kier alpha value is -1.40. The highest BCUT2D eigenvalue weighted by Crippen LogP contribution is 2.28. The third-order valence-electron chi connectivity index (χ3n) is 3.68. The molecule has 18 heavy (non-hydrogen) atoms. The van der Waals surface area contributed by atoms with Crippen LogP contribution in [0.1, 0.15) is 31.2 Å². The van der Waals surface area contributed by atoms with Gasteiger partial charge in [0.05, 0.1) is 11.5 Å². The molecule has 1 saturated heterocycles. The van der Waals surface area contributed by atoms with Crippen molar-refractivity contribution in [1.29, 1.82) is 5.26 Å². The van der Waals surface area contributed by atoms with Crippen LogP contribution in [0.2, 0.25) is 0 Å². The first kappa shape index (κ1) is 13.0. The highest BCUT2D eigenvalue weighted by molar-refractivity contribution is 5.10. The van der Waals surface area contributed by atoms with E-state index in [0.29, 0.717) is 0 Å². The van der Waals surface area contributed by atoms with E-state index in [1.165, 1.54) is 0 Å². The number of nitriles is 1. The summed E-state index contributed by atoms with van der Waals surface area (Å²) >= 11 is 0. The third kappa shape index (κ3) is 3.30. The predicted molar refractivity (Wildman–Crippen MR) is 72.1 cm³/mol. The zero-order valence-corrected chi connectivity index (χ0v) is 11.3. The Kier molecular flexibility index (Phi) is 3.98. The van der Waals surface area contributed by atoms with Gasteiger partial charge in [0.1, 0.15) is 0 Å². The Morgan fingerprint density at radius 1 is 1.50 bits per heavy atom. The maximum absolute atomic E-state index is 9.20. The zero-order chi connectivity index (χ0) is 13.0. The van der Waals surface area contributed by atoms with E-state index in [4.69, 9.17) is 0 Å². The summed E-state index contributed by atoms with van der Waals surface area (Å²) in [6.07, 6.45) is 3.14. The minimum absolute atomic E-state index is 0.154. The molecule has 1 aliphatic heterocycles. The first-order valence-corrected chi connectivity index (χ1v) is 6.67. The Morgan fingerprint density at radius 3 is 3.06 bits per heavy atom. The number of hydrogen-bond acceptors (Lipinski definition) is 3. The maximum Gasteiger partial charge on any atom is 0.0700 e. The zero-order valence-electron chi connectivity index (χ0n) is 11.3. The summed E-state index contributed by atoms with van der Waals surface area (Å²) in [5.41, 5.74) is 2.07. The van der Waals surface area contributed by atoms with Crippen molar-refractivity contribution in [2.75, 3.05) is 19.6 Å². The van der Waals surface area contributed by atoms with Crippen LogP contribution in [0.15, 0.2) is 18.2 Å². The van der Waals surface area contributed by atoms with E-state index < -0.39 is 0 Å². The fourth-order valence-corrected chi connectivity index (χ4v) is 2.64. The van der Waals surface area contributed by atoms with Gasteiger partial charge < -0.3 is 4.90 Å². The van der Waals surface area contributed by atoms with Crippen LogP contribution in [0.4, 0.5) is 0 Å². The summed E-state index contributed by atoms with van der Waals surface area (Å²) in [4.78, 5) is 6.92. The van der Waals surface area contributed by atoms with Gasteiger partial charge >= 0.3 is 0 Å². The van der Waals surface area contributed by atoms with Crippen molar-refractivity contribution in [1.82, 2.24) is 9.88 Å². The van der Waals surface area contributed by atoms with Crippen LogP contribution in [0.25, 0.3) is 0 Å². The van der Waals surface area contributed by atoms with Crippen LogP contribution in [-0.4, -0.2) is 29.5 Å². The fourth-order valence-electron chi connectivity index (χ4n) is 2.64. The number of nitrogens with zero attached hydrogens (tertiary/aromatic N) is 3. The third-order valence-corrected chi connectivity index (χ3v) is 3.68. The summed E-state index contributed by atoms with van der Waals surface area (Å²) in [6, 6.07) is 8.63. The van der Waals surface area contributed by atoms with Gasteiger partial charge in [-0.15, -0.1) is 0 Å². The molecule has 0 bridgehead atoms. The van der Waals surface area contributed by atoms with Gasteiger partial charge in [0.2, 0.25) is 0 Å². The van der Waals surface area contributed by atoms with Crippen molar-refractivity contribution < 1.29 is 0 Å². The highest BCUT2D eigenvalue weighted by Gasteiger charge is 2.30. The first-order chi connectivity index (χ1) is 8.61. The lowest BCUT2D eigenvalue weighted by Gasteiger charge is -2.35. The molecule has 1 aliphatic rings. The van der Waals surface area contributed by atoms with Gasteiger partial charge in [-0.2, -0.15) is 5.26 Å². The summed E-state index contributed by atoms with van der Waals surface area (Å²) in [7, 11) is 0. The average molecular weight is 243 g/mol. The van der Waals surface area contributed by atoms with Crippen molar-refractivity contribution in [3.8, 4) is 6.07 Å². The molecular weight excluding hydrogens is 222 g/mol. The molecule has 1 atom stereocenters. The van der Waals surface area contributed by atoms with Crippen molar-refractivity contribution >= 4 is 0 Å². The summed E-state index contributed by atoms with van der Waals surface area (Å²) in [6.45, 7) is 7.12. The molecule has 0 N–H and O–H groups in total. The Bertz CT molecular complexity index is 449. The molecular formula is C15H21N3. The number of piperidine rings is 1. The van der Waals surface area contributed by atoms with Gasteiger partial charge in [-0.25, -0.2) is 0 Å². The van der Waals surface area contributed by atoms with Gasteiger partial charge in [-0.05, 0) is 45.4 Å². The van der Waals surface area contributed by atoms with E-state index >= 15 is 0 Å². The number of aryl methyl sites for hydroxylation is 1. The number of rotatable bonds is 3. The lowest BCUT2D eigenvalue weighted by Crippen LogP contribution is -2.41. The fraction of sp³-hybridized carbons (Fsp3) is 0.600. The lowest BCUT2D eigenvalue weighted by atomic mass is 9.83. The van der Waals surface area contributed by atoms with E-state index in [2.05, 4.69) is 35.0 Å². The Labute approximate surface area is 109 Å². The van der Waals surface area contributed by atoms with Crippen molar-refractivity contribution in [2.45, 2.75) is 33.1 Å². The largest absolute Gasteiger partial charge is 0.301 e. The van der Waals surface area contributed by atoms with Gasteiger partial charge in [0.25, 0.3) is 0 Å². The molecule has 3 heteroatoms. The minimum atomic E-state index is -0.154. The van der Waals surface area contributed by atoms with Gasteiger partial charge in [-0.3, -0.25) is 4.98 Å². The quantitative estimate of drug-likeness (QED) is 0.819. The Morgan fingerprint density at radius 2 is 2.33 bits per heavy atom. The van der Waals surface area contributed by atoms with Crippen LogP contribution in [-0.2, 0) is 6.42 Å². The highest BCUT2D eigenvalue weighted by atomic mass is 15.1. The van der Waals surface area contributed by atoms with E-state index in [1.54, 1.807) is 0 Å². The molecule has 0 spiro atoms. The van der Waals surface area contributed by atoms with Gasteiger partial charge in [-0.1, -0.05) is 6.07 Å². The first-order valence-electron chi connectivity index (χ1n) is 6.67. The molecule has 0 amide bonds. The van der Waals surface area contributed by atoms with Crippen molar-refractivity contribution in [2.24, 2.45) is 5.41 Å². The van der Waals surface area contributed by atoms with Crippen LogP contribution in [0.3, 0.4) is 0 Å². The summed E-state index contributed by atoms with van der Waals surface area (Å²) in [5, 5.41) is 9.20. The number of likely N-dealkylation sites (tertiary alicyclic amines) is 1. The molecule has 1 aromatic heterocycles. The minimum Gasteiger partial charge on any atom is -0.301 e. The molecule has 96 valence electrons. The van der Waals surface area contributed by atoms with E-state index in [1.807, 2.05) is 13.0 Å². The van der Waals surface area contributed by atoms with Crippen LogP contribution in [0, 0.1) is 23.7 Å². The Balaban J connectivity index is 1.89. The standard InChI is InChI=1S/C15H21N3/c1-13-5-3-6-14(17-13)7-10-18-9-4-8-15(2,11-16)12-18/h3,5-6H,4,7-10,12H2,1-2H3. The molecule has 1 aromatic rings. The molecule has 2 heterocycles. The lowest BCUT2D eigenvalue weighted by molar-refractivity contribution is 0.144. The number of aromatic nitrogens is 1. The molecule has 0 radical (unpaired) electrons. The van der Waals surface area contributed by atoms with Crippen LogP contribution >= 0.6 is 0 Å². The smallest absolute Gasteiger partial charge is 0.0700 e. The second-order valence-corrected chi connectivity index (χ2v) is 5.57. The maximum atomic E-state index is 9.20. The van der Waals surface area contributed by atoms with E-state index in [9.17, 15) is 5.26 Å². The molecule has 1 unspecified atom stereocenters. The van der Waals surface area contributed by atoms with Gasteiger partial charge in [0, 0.05) is 30.9 Å². The summed E-state index contributed by atoms with van der Waals surface area (Å²) in [5.74, 6) is 0. The molecule has 0 saturated carbocycles. The van der Waals surface area contributed by atoms with Crippen LogP contribution in [0.5, 0.6) is 0 Å². The second-order valence-electron chi connectivity index (χ2n) is 5.57. The van der Waals surface area contributed by atoms with Crippen molar-refractivity contribution in [3.63, 3.8) is 0 Å². The number of pyridine rings is 1. The van der Waals surface area contributed by atoms with Crippen LogP contribution < -0.4 is 0 Å². The monoisotopic (exact) mass is 243 g/mol. The average Bonchev–Trinajstić information content (AvgIpc) is 2.37. The molecule has 0 aromatic carbocycles. The van der Waals surface area contributed by atoms with E-state index in [0.717, 1.165) is 50.3 Å². The molecule has 2 rings (SSSR count). The van der Waals surface area contributed by atoms with E-state index in [-0.39, 0.29) is 5.41 Å². The summed E-state index contributed by atoms with van der Waals surface area (Å²) < 4.78 is 0. The van der Waals surface area contributed by atoms with Gasteiger partial charge in [0.15, 0.2) is 0 Å². The predicted octanol–water partition coefficient (Wildman–Crippen LogP) is 2.56. The molecule has 3 nitrogen and oxygen atoms in total. The second kappa shape index (κ2) is 5.49. The topological polar surface area (TPSA) is 39.9 Å².